The highest BCUT2D eigenvalue weighted by Crippen LogP contribution is 2.45. The van der Waals surface area contributed by atoms with E-state index >= 15 is 0 Å². The summed E-state index contributed by atoms with van der Waals surface area (Å²) in [6.45, 7) is 2.10. The molecule has 0 bridgehead atoms. The lowest BCUT2D eigenvalue weighted by atomic mass is 10.0. The molecule has 2 heterocycles. The molecule has 3 aromatic rings. The number of nitrogens with zero attached hydrogens (tertiary/aromatic N) is 1. The van der Waals surface area contributed by atoms with E-state index in [2.05, 4.69) is 15.0 Å². The molecule has 1 fully saturated rings. The zero-order valence-corrected chi connectivity index (χ0v) is 20.4. The summed E-state index contributed by atoms with van der Waals surface area (Å²) in [5, 5.41) is 12.1. The maximum atomic E-state index is 12.8. The average molecular weight is 486 g/mol. The van der Waals surface area contributed by atoms with Gasteiger partial charge in [-0.25, -0.2) is 8.42 Å². The van der Waals surface area contributed by atoms with Crippen LogP contribution in [0, 0.1) is 6.92 Å². The van der Waals surface area contributed by atoms with Crippen LogP contribution in [0.3, 0.4) is 0 Å². The van der Waals surface area contributed by atoms with E-state index in [4.69, 9.17) is 9.52 Å². The lowest BCUT2D eigenvalue weighted by Gasteiger charge is -2.11. The van der Waals surface area contributed by atoms with Crippen LogP contribution in [0.15, 0.2) is 34.7 Å². The van der Waals surface area contributed by atoms with Gasteiger partial charge in [-0.1, -0.05) is 42.7 Å². The van der Waals surface area contributed by atoms with Crippen LogP contribution in [0.4, 0.5) is 5.82 Å². The number of rotatable bonds is 11. The largest absolute Gasteiger partial charge is 0.437 e. The highest BCUT2D eigenvalue weighted by atomic mass is 32.2. The first-order valence-corrected chi connectivity index (χ1v) is 13.4. The standard InChI is InChI=1S/C25H31N3O5S/c1-16-7-9-18(10-8-16)22-21(24(30)26-2)20-15-19(17-11-12-17)23(27-25(20)33-22)28-34(31,32)14-6-4-3-5-13-29/h7-10,15,17,29H,3-6,11-14H2,1-2H3,(H,26,30)(H,27,28). The Kier molecular flexibility index (Phi) is 7.23. The zero-order chi connectivity index (χ0) is 24.3. The molecule has 1 amide bonds. The highest BCUT2D eigenvalue weighted by molar-refractivity contribution is 7.92. The smallest absolute Gasteiger partial charge is 0.255 e. The number of pyridine rings is 1. The number of fused-ring (bicyclic) bond motifs is 1. The second-order valence-electron chi connectivity index (χ2n) is 8.86. The van der Waals surface area contributed by atoms with Crippen molar-refractivity contribution in [2.75, 3.05) is 24.1 Å². The molecule has 1 saturated carbocycles. The fourth-order valence-corrected chi connectivity index (χ4v) is 5.18. The number of sulfonamides is 1. The number of carbonyl (C=O) groups excluding carboxylic acids is 1. The molecule has 4 rings (SSSR count). The fourth-order valence-electron chi connectivity index (χ4n) is 4.04. The van der Waals surface area contributed by atoms with Crippen LogP contribution >= 0.6 is 0 Å². The summed E-state index contributed by atoms with van der Waals surface area (Å²) >= 11 is 0. The van der Waals surface area contributed by atoms with Crippen LogP contribution < -0.4 is 10.0 Å². The quantitative estimate of drug-likeness (QED) is 0.348. The summed E-state index contributed by atoms with van der Waals surface area (Å²) in [4.78, 5) is 17.4. The number of hydrogen-bond acceptors (Lipinski definition) is 6. The molecular formula is C25H31N3O5S. The summed E-state index contributed by atoms with van der Waals surface area (Å²) in [5.41, 5.74) is 3.25. The van der Waals surface area contributed by atoms with Crippen molar-refractivity contribution in [2.45, 2.75) is 51.4 Å². The van der Waals surface area contributed by atoms with Gasteiger partial charge in [0.05, 0.1) is 16.7 Å². The SMILES string of the molecule is CNC(=O)c1c(-c2ccc(C)cc2)oc2nc(NS(=O)(=O)CCCCCCO)c(C3CC3)cc12. The van der Waals surface area contributed by atoms with Gasteiger partial charge in [0.15, 0.2) is 0 Å². The monoisotopic (exact) mass is 485 g/mol. The summed E-state index contributed by atoms with van der Waals surface area (Å²) in [7, 11) is -2.03. The first-order valence-electron chi connectivity index (χ1n) is 11.7. The van der Waals surface area contributed by atoms with E-state index in [1.165, 1.54) is 0 Å². The van der Waals surface area contributed by atoms with Crippen molar-refractivity contribution < 1.29 is 22.7 Å². The van der Waals surface area contributed by atoms with Gasteiger partial charge in [0.2, 0.25) is 15.7 Å². The molecule has 1 aromatic carbocycles. The molecule has 182 valence electrons. The Morgan fingerprint density at radius 1 is 1.15 bits per heavy atom. The van der Waals surface area contributed by atoms with Gasteiger partial charge in [0.25, 0.3) is 5.91 Å². The van der Waals surface area contributed by atoms with Crippen LogP contribution in [0.1, 0.15) is 65.9 Å². The second kappa shape index (κ2) is 10.1. The van der Waals surface area contributed by atoms with Crippen molar-refractivity contribution in [3.05, 3.63) is 47.0 Å². The molecular weight excluding hydrogens is 454 g/mol. The lowest BCUT2D eigenvalue weighted by Crippen LogP contribution is -2.19. The summed E-state index contributed by atoms with van der Waals surface area (Å²) < 4.78 is 34.2. The third kappa shape index (κ3) is 5.42. The number of aliphatic hydroxyl groups is 1. The first-order chi connectivity index (χ1) is 16.3. The topological polar surface area (TPSA) is 122 Å². The van der Waals surface area contributed by atoms with Crippen molar-refractivity contribution in [1.29, 1.82) is 0 Å². The maximum Gasteiger partial charge on any atom is 0.255 e. The van der Waals surface area contributed by atoms with E-state index in [0.29, 0.717) is 29.6 Å². The molecule has 1 aliphatic carbocycles. The molecule has 0 saturated heterocycles. The number of nitrogens with one attached hydrogen (secondary N) is 2. The molecule has 34 heavy (non-hydrogen) atoms. The van der Waals surface area contributed by atoms with Gasteiger partial charge in [0.1, 0.15) is 11.6 Å². The van der Waals surface area contributed by atoms with Crippen LogP contribution in [0.5, 0.6) is 0 Å². The van der Waals surface area contributed by atoms with Gasteiger partial charge in [-0.05, 0) is 50.2 Å². The molecule has 0 aliphatic heterocycles. The van der Waals surface area contributed by atoms with E-state index < -0.39 is 10.0 Å². The van der Waals surface area contributed by atoms with Crippen molar-refractivity contribution in [3.8, 4) is 11.3 Å². The lowest BCUT2D eigenvalue weighted by molar-refractivity contribution is 0.0964. The number of furan rings is 1. The number of unbranched alkanes of at least 4 members (excludes halogenated alkanes) is 3. The molecule has 2 aromatic heterocycles. The Bertz CT molecular complexity index is 1280. The molecule has 3 N–H and O–H groups in total. The number of carbonyl (C=O) groups is 1. The fraction of sp³-hybridized carbons (Fsp3) is 0.440. The minimum absolute atomic E-state index is 0.0154. The Hall–Kier alpha value is -2.91. The summed E-state index contributed by atoms with van der Waals surface area (Å²) in [6.07, 6.45) is 4.60. The first kappa shape index (κ1) is 24.2. The third-order valence-corrected chi connectivity index (χ3v) is 7.40. The van der Waals surface area contributed by atoms with E-state index in [0.717, 1.165) is 42.4 Å². The molecule has 0 unspecified atom stereocenters. The number of anilines is 1. The molecule has 0 radical (unpaired) electrons. The van der Waals surface area contributed by atoms with Crippen LogP contribution in [0.2, 0.25) is 0 Å². The van der Waals surface area contributed by atoms with Gasteiger partial charge in [0, 0.05) is 19.2 Å². The third-order valence-electron chi connectivity index (χ3n) is 6.07. The summed E-state index contributed by atoms with van der Waals surface area (Å²) in [5.74, 6) is 0.590. The Balaban J connectivity index is 1.72. The summed E-state index contributed by atoms with van der Waals surface area (Å²) in [6, 6.07) is 9.52. The number of aryl methyl sites for hydroxylation is 1. The minimum atomic E-state index is -3.60. The predicted octanol–water partition coefficient (Wildman–Crippen LogP) is 4.33. The van der Waals surface area contributed by atoms with E-state index in [9.17, 15) is 13.2 Å². The number of benzene rings is 1. The number of hydrogen-bond donors (Lipinski definition) is 3. The van der Waals surface area contributed by atoms with Crippen molar-refractivity contribution >= 4 is 32.8 Å². The van der Waals surface area contributed by atoms with Gasteiger partial charge < -0.3 is 14.8 Å². The van der Waals surface area contributed by atoms with E-state index in [1.54, 1.807) is 7.05 Å². The van der Waals surface area contributed by atoms with Gasteiger partial charge >= 0.3 is 0 Å². The van der Waals surface area contributed by atoms with Crippen molar-refractivity contribution in [3.63, 3.8) is 0 Å². The molecule has 8 nitrogen and oxygen atoms in total. The van der Waals surface area contributed by atoms with Crippen molar-refractivity contribution in [1.82, 2.24) is 10.3 Å². The van der Waals surface area contributed by atoms with Crippen LogP contribution in [0.25, 0.3) is 22.4 Å². The molecule has 9 heteroatoms. The highest BCUT2D eigenvalue weighted by Gasteiger charge is 2.31. The van der Waals surface area contributed by atoms with Crippen LogP contribution in [-0.2, 0) is 10.0 Å². The van der Waals surface area contributed by atoms with Gasteiger partial charge in [-0.2, -0.15) is 4.98 Å². The molecule has 0 atom stereocenters. The van der Waals surface area contributed by atoms with E-state index in [1.807, 2.05) is 37.3 Å². The Morgan fingerprint density at radius 3 is 2.50 bits per heavy atom. The normalized spacial score (nSPS) is 13.9. The predicted molar refractivity (Wildman–Crippen MR) is 133 cm³/mol. The maximum absolute atomic E-state index is 12.8. The molecule has 1 aliphatic rings. The number of aromatic nitrogens is 1. The van der Waals surface area contributed by atoms with Crippen molar-refractivity contribution in [2.24, 2.45) is 0 Å². The van der Waals surface area contributed by atoms with Crippen LogP contribution in [-0.4, -0.2) is 43.8 Å². The van der Waals surface area contributed by atoms with Gasteiger partial charge in [-0.15, -0.1) is 0 Å². The Labute approximate surface area is 199 Å². The Morgan fingerprint density at radius 2 is 1.85 bits per heavy atom. The number of aliphatic hydroxyl groups excluding tert-OH is 1. The average Bonchev–Trinajstić information content (AvgIpc) is 3.59. The minimum Gasteiger partial charge on any atom is -0.437 e. The van der Waals surface area contributed by atoms with Gasteiger partial charge in [-0.3, -0.25) is 9.52 Å². The van der Waals surface area contributed by atoms with E-state index in [-0.39, 0.29) is 35.7 Å². The second-order valence-corrected chi connectivity index (χ2v) is 10.7. The molecule has 0 spiro atoms. The number of amides is 1. The zero-order valence-electron chi connectivity index (χ0n) is 19.6.